The molecule has 128 valence electrons. The van der Waals surface area contributed by atoms with Crippen LogP contribution in [0.25, 0.3) is 5.69 Å². The molecule has 0 bridgehead atoms. The summed E-state index contributed by atoms with van der Waals surface area (Å²) in [6.45, 7) is 2.27. The summed E-state index contributed by atoms with van der Waals surface area (Å²) in [4.78, 5) is 0.259. The summed E-state index contributed by atoms with van der Waals surface area (Å²) in [5.41, 5.74) is 2.90. The van der Waals surface area contributed by atoms with Gasteiger partial charge in [0.05, 0.1) is 10.6 Å². The van der Waals surface area contributed by atoms with E-state index in [4.69, 9.17) is 0 Å². The third-order valence-corrected chi connectivity index (χ3v) is 5.66. The summed E-state index contributed by atoms with van der Waals surface area (Å²) in [5.74, 6) is 0. The highest BCUT2D eigenvalue weighted by Crippen LogP contribution is 2.20. The summed E-state index contributed by atoms with van der Waals surface area (Å²) in [6.07, 6.45) is 9.14. The lowest BCUT2D eigenvalue weighted by Gasteiger charge is -2.13. The number of sulfonamides is 1. The van der Waals surface area contributed by atoms with Crippen LogP contribution in [0.5, 0.6) is 0 Å². The minimum Gasteiger partial charge on any atom is -0.211 e. The van der Waals surface area contributed by atoms with Crippen LogP contribution in [0.3, 0.4) is 0 Å². The molecule has 1 heterocycles. The summed E-state index contributed by atoms with van der Waals surface area (Å²) < 4.78 is 29.1. The van der Waals surface area contributed by atoms with Crippen molar-refractivity contribution in [1.29, 1.82) is 0 Å². The van der Waals surface area contributed by atoms with Crippen molar-refractivity contribution >= 4 is 10.0 Å². The number of benzene rings is 1. The van der Waals surface area contributed by atoms with Crippen LogP contribution < -0.4 is 4.72 Å². The first kappa shape index (κ1) is 16.8. The first-order chi connectivity index (χ1) is 11.6. The van der Waals surface area contributed by atoms with Crippen LogP contribution in [0, 0.1) is 6.92 Å². The first-order valence-electron chi connectivity index (χ1n) is 8.08. The second kappa shape index (κ2) is 7.23. The number of rotatable bonds is 6. The maximum absolute atomic E-state index is 12.4. The normalized spacial score (nSPS) is 15.3. The highest BCUT2D eigenvalue weighted by molar-refractivity contribution is 7.89. The molecular formula is C16H21N5O2S. The number of allylic oxidation sites excluding steroid dienone is 1. The van der Waals surface area contributed by atoms with E-state index in [1.807, 2.05) is 6.92 Å². The summed E-state index contributed by atoms with van der Waals surface area (Å²) >= 11 is 0. The third-order valence-electron chi connectivity index (χ3n) is 4.20. The lowest BCUT2D eigenvalue weighted by molar-refractivity contribution is 0.579. The van der Waals surface area contributed by atoms with Crippen molar-refractivity contribution in [2.45, 2.75) is 43.9 Å². The quantitative estimate of drug-likeness (QED) is 0.809. The third kappa shape index (κ3) is 3.88. The van der Waals surface area contributed by atoms with Gasteiger partial charge in [-0.3, -0.25) is 0 Å². The van der Waals surface area contributed by atoms with Crippen LogP contribution in [0.1, 0.15) is 37.7 Å². The molecule has 0 atom stereocenters. The number of aryl methyl sites for hydroxylation is 1. The number of hydrogen-bond acceptors (Lipinski definition) is 5. The fraction of sp³-hybridized carbons (Fsp3) is 0.438. The molecular weight excluding hydrogens is 326 g/mol. The number of hydrogen-bond donors (Lipinski definition) is 1. The second-order valence-corrected chi connectivity index (χ2v) is 7.73. The predicted molar refractivity (Wildman–Crippen MR) is 90.2 cm³/mol. The van der Waals surface area contributed by atoms with Gasteiger partial charge in [0.15, 0.2) is 0 Å². The molecule has 2 aromatic rings. The van der Waals surface area contributed by atoms with E-state index in [1.54, 1.807) is 18.2 Å². The molecule has 0 saturated carbocycles. The van der Waals surface area contributed by atoms with Crippen LogP contribution in [-0.4, -0.2) is 35.2 Å². The highest BCUT2D eigenvalue weighted by Gasteiger charge is 2.16. The van der Waals surface area contributed by atoms with E-state index < -0.39 is 10.0 Å². The standard InChI is InChI=1S/C16H21N5O2S/c1-13-11-15(7-8-16(13)21-12-17-19-20-21)24(22,23)18-10-9-14-5-3-2-4-6-14/h5,7-8,11-12,18H,2-4,6,9-10H2,1H3. The molecule has 24 heavy (non-hydrogen) atoms. The molecule has 1 aliphatic rings. The van der Waals surface area contributed by atoms with Crippen molar-refractivity contribution in [2.24, 2.45) is 0 Å². The average Bonchev–Trinajstić information content (AvgIpc) is 3.10. The number of nitrogens with zero attached hydrogens (tertiary/aromatic N) is 4. The summed E-state index contributed by atoms with van der Waals surface area (Å²) in [6, 6.07) is 4.93. The van der Waals surface area contributed by atoms with Crippen molar-refractivity contribution in [2.75, 3.05) is 6.54 Å². The van der Waals surface area contributed by atoms with E-state index in [-0.39, 0.29) is 4.90 Å². The molecule has 0 saturated heterocycles. The van der Waals surface area contributed by atoms with Gasteiger partial charge in [-0.2, -0.15) is 0 Å². The zero-order chi connectivity index (χ0) is 17.0. The van der Waals surface area contributed by atoms with Gasteiger partial charge in [0.1, 0.15) is 6.33 Å². The van der Waals surface area contributed by atoms with Gasteiger partial charge in [-0.25, -0.2) is 17.8 Å². The Bertz CT molecular complexity index is 828. The average molecular weight is 347 g/mol. The van der Waals surface area contributed by atoms with E-state index in [2.05, 4.69) is 26.3 Å². The van der Waals surface area contributed by atoms with Crippen LogP contribution in [-0.2, 0) is 10.0 Å². The Morgan fingerprint density at radius 3 is 2.83 bits per heavy atom. The summed E-state index contributed by atoms with van der Waals surface area (Å²) in [7, 11) is -3.51. The Morgan fingerprint density at radius 2 is 2.17 bits per heavy atom. The van der Waals surface area contributed by atoms with Crippen molar-refractivity contribution < 1.29 is 8.42 Å². The van der Waals surface area contributed by atoms with Crippen LogP contribution in [0.2, 0.25) is 0 Å². The zero-order valence-electron chi connectivity index (χ0n) is 13.6. The zero-order valence-corrected chi connectivity index (χ0v) is 14.5. The predicted octanol–water partition coefficient (Wildman–Crippen LogP) is 2.14. The van der Waals surface area contributed by atoms with E-state index in [9.17, 15) is 8.42 Å². The second-order valence-electron chi connectivity index (χ2n) is 5.96. The SMILES string of the molecule is Cc1cc(S(=O)(=O)NCCC2=CCCCC2)ccc1-n1cnnn1. The van der Waals surface area contributed by atoms with Gasteiger partial charge in [0.25, 0.3) is 0 Å². The molecule has 0 aliphatic heterocycles. The van der Waals surface area contributed by atoms with Crippen LogP contribution in [0.15, 0.2) is 41.1 Å². The Morgan fingerprint density at radius 1 is 1.29 bits per heavy atom. The smallest absolute Gasteiger partial charge is 0.211 e. The van der Waals surface area contributed by atoms with Crippen molar-refractivity contribution in [3.8, 4) is 5.69 Å². The van der Waals surface area contributed by atoms with Gasteiger partial charge in [-0.15, -0.1) is 5.10 Å². The molecule has 0 radical (unpaired) electrons. The van der Waals surface area contributed by atoms with Gasteiger partial charge in [-0.1, -0.05) is 11.6 Å². The van der Waals surface area contributed by atoms with Crippen molar-refractivity contribution in [3.63, 3.8) is 0 Å². The van der Waals surface area contributed by atoms with Gasteiger partial charge in [0, 0.05) is 6.54 Å². The minimum absolute atomic E-state index is 0.259. The van der Waals surface area contributed by atoms with Gasteiger partial charge in [0.2, 0.25) is 10.0 Å². The number of aromatic nitrogens is 4. The maximum atomic E-state index is 12.4. The largest absolute Gasteiger partial charge is 0.240 e. The van der Waals surface area contributed by atoms with Crippen molar-refractivity contribution in [1.82, 2.24) is 24.9 Å². The Hall–Kier alpha value is -2.06. The van der Waals surface area contributed by atoms with E-state index in [1.165, 1.54) is 29.4 Å². The topological polar surface area (TPSA) is 89.8 Å². The van der Waals surface area contributed by atoms with E-state index in [0.29, 0.717) is 6.54 Å². The lowest BCUT2D eigenvalue weighted by Crippen LogP contribution is -2.25. The Kier molecular flexibility index (Phi) is 5.06. The molecule has 1 N–H and O–H groups in total. The first-order valence-corrected chi connectivity index (χ1v) is 9.56. The summed E-state index contributed by atoms with van der Waals surface area (Å²) in [5, 5.41) is 11.0. The molecule has 3 rings (SSSR count). The Labute approximate surface area is 141 Å². The monoisotopic (exact) mass is 347 g/mol. The Balaban J connectivity index is 1.68. The van der Waals surface area contributed by atoms with E-state index in [0.717, 1.165) is 30.5 Å². The molecule has 0 spiro atoms. The lowest BCUT2D eigenvalue weighted by atomic mass is 9.97. The highest BCUT2D eigenvalue weighted by atomic mass is 32.2. The molecule has 1 aromatic heterocycles. The molecule has 0 unspecified atom stereocenters. The number of nitrogens with one attached hydrogen (secondary N) is 1. The fourth-order valence-electron chi connectivity index (χ4n) is 2.88. The van der Waals surface area contributed by atoms with Gasteiger partial charge >= 0.3 is 0 Å². The van der Waals surface area contributed by atoms with Gasteiger partial charge < -0.3 is 0 Å². The number of tetrazole rings is 1. The van der Waals surface area contributed by atoms with Crippen LogP contribution in [0.4, 0.5) is 0 Å². The van der Waals surface area contributed by atoms with Crippen molar-refractivity contribution in [3.05, 3.63) is 41.7 Å². The maximum Gasteiger partial charge on any atom is 0.240 e. The minimum atomic E-state index is -3.51. The van der Waals surface area contributed by atoms with Gasteiger partial charge in [-0.05, 0) is 73.2 Å². The van der Waals surface area contributed by atoms with Crippen LogP contribution >= 0.6 is 0 Å². The fourth-order valence-corrected chi connectivity index (χ4v) is 4.00. The molecule has 1 aliphatic carbocycles. The molecule has 0 fully saturated rings. The molecule has 8 heteroatoms. The van der Waals surface area contributed by atoms with E-state index >= 15 is 0 Å². The molecule has 1 aromatic carbocycles. The molecule has 7 nitrogen and oxygen atoms in total. The molecule has 0 amide bonds.